The van der Waals surface area contributed by atoms with Crippen LogP contribution in [0.4, 0.5) is 4.79 Å². The van der Waals surface area contributed by atoms with Crippen LogP contribution >= 0.6 is 22.6 Å². The Morgan fingerprint density at radius 1 is 1.12 bits per heavy atom. The van der Waals surface area contributed by atoms with E-state index < -0.39 is 29.6 Å². The number of esters is 1. The maximum absolute atomic E-state index is 13.5. The Morgan fingerprint density at radius 2 is 1.78 bits per heavy atom. The van der Waals surface area contributed by atoms with Crippen LogP contribution in [0, 0.1) is 9.49 Å². The lowest BCUT2D eigenvalue weighted by Crippen LogP contribution is -2.40. The number of Topliss-reactive ketones (excluding diaryl/α,β-unsaturated/α-hetero) is 1. The lowest BCUT2D eigenvalue weighted by atomic mass is 9.91. The number of halogens is 1. The van der Waals surface area contributed by atoms with Crippen LogP contribution < -0.4 is 4.74 Å². The van der Waals surface area contributed by atoms with Gasteiger partial charge in [-0.15, -0.1) is 0 Å². The van der Waals surface area contributed by atoms with Crippen LogP contribution in [-0.2, 0) is 23.8 Å². The largest absolute Gasteiger partial charge is 0.496 e. The molecule has 1 rings (SSSR count). The smallest absolute Gasteiger partial charge is 0.410 e. The number of nitrogens with zero attached hydrogens (tertiary/aromatic N) is 1. The monoisotopic (exact) mass is 563 g/mol. The Labute approximate surface area is 204 Å². The highest BCUT2D eigenvalue weighted by Gasteiger charge is 2.34. The van der Waals surface area contributed by atoms with Gasteiger partial charge < -0.3 is 18.9 Å². The van der Waals surface area contributed by atoms with Crippen molar-refractivity contribution < 1.29 is 33.3 Å². The van der Waals surface area contributed by atoms with Crippen LogP contribution in [0.2, 0.25) is 0 Å². The third kappa shape index (κ3) is 8.57. The van der Waals surface area contributed by atoms with Crippen molar-refractivity contribution in [1.82, 2.24) is 4.90 Å². The topological polar surface area (TPSA) is 91.4 Å². The maximum Gasteiger partial charge on any atom is 0.410 e. The second-order valence-corrected chi connectivity index (χ2v) is 9.58. The quantitative estimate of drug-likeness (QED) is 0.224. The molecule has 9 heteroatoms. The van der Waals surface area contributed by atoms with Crippen molar-refractivity contribution in [2.24, 2.45) is 5.92 Å². The highest BCUT2D eigenvalue weighted by molar-refractivity contribution is 14.1. The number of hydrogen-bond donors (Lipinski definition) is 0. The molecule has 2 atom stereocenters. The van der Waals surface area contributed by atoms with Crippen LogP contribution in [-0.4, -0.2) is 63.3 Å². The summed E-state index contributed by atoms with van der Waals surface area (Å²) in [6.07, 6.45) is 0.346. The van der Waals surface area contributed by atoms with E-state index in [-0.39, 0.29) is 12.2 Å². The average molecular weight is 563 g/mol. The molecule has 8 nitrogen and oxygen atoms in total. The van der Waals surface area contributed by atoms with Crippen molar-refractivity contribution in [3.05, 3.63) is 27.3 Å². The fourth-order valence-electron chi connectivity index (χ4n) is 3.22. The summed E-state index contributed by atoms with van der Waals surface area (Å²) in [5.74, 6) is -0.716. The zero-order valence-corrected chi connectivity index (χ0v) is 22.1. The van der Waals surface area contributed by atoms with E-state index in [9.17, 15) is 14.4 Å². The number of ketones is 1. The minimum absolute atomic E-state index is 0.0726. The summed E-state index contributed by atoms with van der Waals surface area (Å²) in [6, 6.07) is 4.35. The molecule has 0 saturated carbocycles. The summed E-state index contributed by atoms with van der Waals surface area (Å²) in [5.41, 5.74) is -0.115. The van der Waals surface area contributed by atoms with Crippen LogP contribution in [0.5, 0.6) is 5.75 Å². The van der Waals surface area contributed by atoms with E-state index in [1.807, 2.05) is 0 Å². The summed E-state index contributed by atoms with van der Waals surface area (Å²) >= 11 is 2.11. The number of methoxy groups -OCH3 is 3. The van der Waals surface area contributed by atoms with E-state index in [4.69, 9.17) is 18.9 Å². The third-order valence-corrected chi connectivity index (χ3v) is 5.59. The van der Waals surface area contributed by atoms with Crippen LogP contribution in [0.25, 0.3) is 0 Å². The molecule has 0 aliphatic heterocycles. The SMILES string of the molecule is COCCC[C@H](CC(=O)[C@H](c1ccc(OC)c(I)c1)N(C)C(=O)OC(C)(C)C)C(=O)OC. The van der Waals surface area contributed by atoms with E-state index in [2.05, 4.69) is 22.6 Å². The Hall–Kier alpha value is -1.88. The summed E-state index contributed by atoms with van der Waals surface area (Å²) in [6.45, 7) is 5.75. The van der Waals surface area contributed by atoms with Crippen LogP contribution in [0.3, 0.4) is 0 Å². The van der Waals surface area contributed by atoms with Gasteiger partial charge in [-0.25, -0.2) is 4.79 Å². The molecule has 0 heterocycles. The van der Waals surface area contributed by atoms with Gasteiger partial charge >= 0.3 is 12.1 Å². The standard InChI is InChI=1S/C23H34INO7/c1-23(2,3)32-22(28)25(4)20(15-10-11-19(30-6)17(24)13-15)18(26)14-16(21(27)31-7)9-8-12-29-5/h10-11,13,16,20H,8-9,12,14H2,1-7H3/t16-,20+/m1/s1. The summed E-state index contributed by atoms with van der Waals surface area (Å²) in [4.78, 5) is 39.8. The molecule has 0 aliphatic rings. The van der Waals surface area contributed by atoms with Gasteiger partial charge in [-0.2, -0.15) is 0 Å². The predicted octanol–water partition coefficient (Wildman–Crippen LogP) is 4.38. The Morgan fingerprint density at radius 3 is 2.28 bits per heavy atom. The van der Waals surface area contributed by atoms with Gasteiger partial charge in [-0.05, 0) is 73.9 Å². The second-order valence-electron chi connectivity index (χ2n) is 8.41. The first kappa shape index (κ1) is 28.2. The molecule has 0 aliphatic carbocycles. The fraction of sp³-hybridized carbons (Fsp3) is 0.609. The number of hydrogen-bond acceptors (Lipinski definition) is 7. The van der Waals surface area contributed by atoms with Gasteiger partial charge in [-0.3, -0.25) is 14.5 Å². The van der Waals surface area contributed by atoms with Crippen molar-refractivity contribution in [3.63, 3.8) is 0 Å². The van der Waals surface area contributed by atoms with Gasteiger partial charge in [0.2, 0.25) is 0 Å². The molecule has 1 amide bonds. The number of amides is 1. The van der Waals surface area contributed by atoms with Crippen molar-refractivity contribution in [2.45, 2.75) is 51.7 Å². The zero-order chi connectivity index (χ0) is 24.5. The average Bonchev–Trinajstić information content (AvgIpc) is 2.71. The molecular formula is C23H34INO7. The summed E-state index contributed by atoms with van der Waals surface area (Å²) < 4.78 is 21.5. The van der Waals surface area contributed by atoms with Crippen molar-refractivity contribution in [2.75, 3.05) is 35.0 Å². The maximum atomic E-state index is 13.5. The molecule has 1 aromatic rings. The van der Waals surface area contributed by atoms with Gasteiger partial charge in [0.25, 0.3) is 0 Å². The van der Waals surface area contributed by atoms with E-state index in [0.717, 1.165) is 3.57 Å². The van der Waals surface area contributed by atoms with Gasteiger partial charge in [-0.1, -0.05) is 6.07 Å². The van der Waals surface area contributed by atoms with E-state index in [1.54, 1.807) is 53.2 Å². The Kier molecular flexibility index (Phi) is 11.4. The minimum Gasteiger partial charge on any atom is -0.496 e. The van der Waals surface area contributed by atoms with E-state index >= 15 is 0 Å². The van der Waals surface area contributed by atoms with Crippen molar-refractivity contribution >= 4 is 40.4 Å². The van der Waals surface area contributed by atoms with Crippen LogP contribution in [0.1, 0.15) is 51.6 Å². The number of rotatable bonds is 11. The Balaban J connectivity index is 3.28. The molecule has 180 valence electrons. The Bertz CT molecular complexity index is 791. The van der Waals surface area contributed by atoms with Gasteiger partial charge in [0.15, 0.2) is 5.78 Å². The predicted molar refractivity (Wildman–Crippen MR) is 129 cm³/mol. The third-order valence-electron chi connectivity index (χ3n) is 4.75. The van der Waals surface area contributed by atoms with Gasteiger partial charge in [0, 0.05) is 27.2 Å². The summed E-state index contributed by atoms with van der Waals surface area (Å²) in [7, 11) is 5.96. The molecule has 0 unspecified atom stereocenters. The van der Waals surface area contributed by atoms with Gasteiger partial charge in [0.05, 0.1) is 23.7 Å². The first-order valence-corrected chi connectivity index (χ1v) is 11.4. The molecule has 0 aromatic heterocycles. The van der Waals surface area contributed by atoms with Crippen molar-refractivity contribution in [1.29, 1.82) is 0 Å². The fourth-order valence-corrected chi connectivity index (χ4v) is 3.98. The molecule has 32 heavy (non-hydrogen) atoms. The number of likely N-dealkylation sites (N-methyl/N-ethyl adjacent to an activating group) is 1. The first-order chi connectivity index (χ1) is 14.9. The molecule has 0 radical (unpaired) electrons. The van der Waals surface area contributed by atoms with Crippen LogP contribution in [0.15, 0.2) is 18.2 Å². The number of carbonyl (C=O) groups excluding carboxylic acids is 3. The number of ether oxygens (including phenoxy) is 4. The highest BCUT2D eigenvalue weighted by atomic mass is 127. The molecule has 0 spiro atoms. The van der Waals surface area contributed by atoms with Crippen molar-refractivity contribution in [3.8, 4) is 5.75 Å². The molecule has 0 fully saturated rings. The number of benzene rings is 1. The van der Waals surface area contributed by atoms with E-state index in [1.165, 1.54) is 19.1 Å². The molecule has 0 N–H and O–H groups in total. The molecule has 0 saturated heterocycles. The number of carbonyl (C=O) groups is 3. The lowest BCUT2D eigenvalue weighted by molar-refractivity contribution is -0.148. The highest BCUT2D eigenvalue weighted by Crippen LogP contribution is 2.31. The minimum atomic E-state index is -0.932. The second kappa shape index (κ2) is 13.0. The zero-order valence-electron chi connectivity index (χ0n) is 19.9. The van der Waals surface area contributed by atoms with Gasteiger partial charge in [0.1, 0.15) is 17.4 Å². The van der Waals surface area contributed by atoms with E-state index in [0.29, 0.717) is 30.8 Å². The summed E-state index contributed by atoms with van der Waals surface area (Å²) in [5, 5.41) is 0. The molecule has 1 aromatic carbocycles. The normalized spacial score (nSPS) is 13.1. The first-order valence-electron chi connectivity index (χ1n) is 10.3. The molecular weight excluding hydrogens is 529 g/mol. The lowest BCUT2D eigenvalue weighted by Gasteiger charge is -2.31. The molecule has 0 bridgehead atoms.